The lowest BCUT2D eigenvalue weighted by molar-refractivity contribution is 0.602. The maximum Gasteiger partial charge on any atom is 0.215 e. The second kappa shape index (κ2) is 15.9. The van der Waals surface area contributed by atoms with E-state index in [4.69, 9.17) is 13.5 Å². The van der Waals surface area contributed by atoms with Gasteiger partial charge in [0, 0.05) is 39.3 Å². The Balaban J connectivity index is 3.92. The van der Waals surface area contributed by atoms with Gasteiger partial charge < -0.3 is 0 Å². The number of nitrogens with one attached hydrogen (secondary N) is 6. The molecule has 0 spiro atoms. The van der Waals surface area contributed by atoms with Crippen LogP contribution in [-0.4, -0.2) is 39.3 Å². The molecule has 0 aromatic carbocycles. The van der Waals surface area contributed by atoms with Crippen LogP contribution in [0, 0.1) is 35.5 Å². The second-order valence-electron chi connectivity index (χ2n) is 12.6. The first kappa shape index (κ1) is 34.5. The predicted octanol–water partition coefficient (Wildman–Crippen LogP) is 7.31. The lowest BCUT2D eigenvalue weighted by atomic mass is 10.2. The summed E-state index contributed by atoms with van der Waals surface area (Å²) in [7, 11) is -7.43. The highest BCUT2D eigenvalue weighted by molar-refractivity contribution is 7.83. The van der Waals surface area contributed by atoms with Crippen LogP contribution < -0.4 is 30.5 Å². The molecule has 1 rings (SSSR count). The second-order valence-corrected chi connectivity index (χ2v) is 20.3. The SMILES string of the molecule is CC(C)CNP1(NCC(C)C)=NP(NCC(C)C)(NCC(C)C)=NP(NCC(C)C)(NCC(C)C)=N1. The van der Waals surface area contributed by atoms with Gasteiger partial charge in [-0.3, -0.25) is 30.5 Å². The van der Waals surface area contributed by atoms with Gasteiger partial charge in [-0.05, 0) is 35.5 Å². The van der Waals surface area contributed by atoms with Crippen LogP contribution in [0.1, 0.15) is 83.1 Å². The highest BCUT2D eigenvalue weighted by atomic mass is 31.3. The van der Waals surface area contributed by atoms with Crippen LogP contribution >= 0.6 is 22.5 Å². The maximum atomic E-state index is 5.57. The minimum atomic E-state index is -2.48. The third-order valence-electron chi connectivity index (χ3n) is 5.10. The van der Waals surface area contributed by atoms with Crippen molar-refractivity contribution in [3.8, 4) is 0 Å². The molecule has 0 unspecified atom stereocenters. The standard InChI is InChI=1S/C24H60N9P3/c1-19(2)13-25-34(26-14-20(3)4)31-35(27-15-21(5)6,28-16-22(7)8)33-36(32-34,29-17-23(9)10)30-18-24(11)12/h19-30H,13-18H2,1-12H3. The lowest BCUT2D eigenvalue weighted by Gasteiger charge is -2.39. The Morgan fingerprint density at radius 3 is 0.583 bits per heavy atom. The summed E-state index contributed by atoms with van der Waals surface area (Å²) in [5, 5.41) is 23.1. The zero-order valence-electron chi connectivity index (χ0n) is 25.4. The molecule has 0 aromatic rings. The van der Waals surface area contributed by atoms with Crippen molar-refractivity contribution in [1.82, 2.24) is 30.5 Å². The number of hydrogen-bond donors (Lipinski definition) is 6. The van der Waals surface area contributed by atoms with E-state index in [1.54, 1.807) is 0 Å². The van der Waals surface area contributed by atoms with Gasteiger partial charge in [0.05, 0.1) is 0 Å². The molecule has 0 saturated carbocycles. The minimum Gasteiger partial charge on any atom is -0.253 e. The fourth-order valence-electron chi connectivity index (χ4n) is 3.02. The maximum absolute atomic E-state index is 5.57. The molecule has 1 heterocycles. The first-order valence-corrected chi connectivity index (χ1v) is 19.1. The summed E-state index contributed by atoms with van der Waals surface area (Å²) in [6.07, 6.45) is 0. The Bertz CT molecular complexity index is 636. The van der Waals surface area contributed by atoms with Crippen LogP contribution in [0.4, 0.5) is 0 Å². The van der Waals surface area contributed by atoms with Crippen molar-refractivity contribution in [3.63, 3.8) is 0 Å². The number of nitrogens with zero attached hydrogens (tertiary/aromatic N) is 3. The molecule has 36 heavy (non-hydrogen) atoms. The van der Waals surface area contributed by atoms with Crippen molar-refractivity contribution in [3.05, 3.63) is 0 Å². The van der Waals surface area contributed by atoms with Crippen molar-refractivity contribution in [2.24, 2.45) is 49.1 Å². The van der Waals surface area contributed by atoms with Crippen molar-refractivity contribution in [2.45, 2.75) is 83.1 Å². The molecular formula is C24H60N9P3. The van der Waals surface area contributed by atoms with Crippen LogP contribution in [0.2, 0.25) is 0 Å². The molecule has 0 aromatic heterocycles. The quantitative estimate of drug-likeness (QED) is 0.0970. The van der Waals surface area contributed by atoms with E-state index >= 15 is 0 Å². The molecule has 0 aliphatic carbocycles. The fraction of sp³-hybridized carbons (Fsp3) is 1.00. The van der Waals surface area contributed by atoms with Crippen molar-refractivity contribution < 1.29 is 0 Å². The Morgan fingerprint density at radius 1 is 0.333 bits per heavy atom. The highest BCUT2D eigenvalue weighted by Gasteiger charge is 2.37. The third kappa shape index (κ3) is 13.0. The van der Waals surface area contributed by atoms with E-state index in [0.717, 1.165) is 39.3 Å². The molecular weight excluding hydrogens is 507 g/mol. The molecule has 6 N–H and O–H groups in total. The molecule has 0 saturated heterocycles. The van der Waals surface area contributed by atoms with Gasteiger partial charge >= 0.3 is 0 Å². The van der Waals surface area contributed by atoms with E-state index in [0.29, 0.717) is 35.5 Å². The van der Waals surface area contributed by atoms with E-state index in [2.05, 4.69) is 114 Å². The van der Waals surface area contributed by atoms with Crippen molar-refractivity contribution >= 4 is 22.5 Å². The zero-order valence-corrected chi connectivity index (χ0v) is 28.1. The first-order chi connectivity index (χ1) is 16.6. The largest absolute Gasteiger partial charge is 0.253 e. The summed E-state index contributed by atoms with van der Waals surface area (Å²) in [6, 6.07) is 0. The summed E-state index contributed by atoms with van der Waals surface area (Å²) in [6.45, 7) is 32.1. The predicted molar refractivity (Wildman–Crippen MR) is 165 cm³/mol. The van der Waals surface area contributed by atoms with Gasteiger partial charge in [-0.1, -0.05) is 83.1 Å². The summed E-state index contributed by atoms with van der Waals surface area (Å²) in [5.41, 5.74) is 0. The molecule has 216 valence electrons. The molecule has 0 radical (unpaired) electrons. The molecule has 0 amide bonds. The van der Waals surface area contributed by atoms with Crippen LogP contribution in [0.25, 0.3) is 0 Å². The van der Waals surface area contributed by atoms with Crippen molar-refractivity contribution in [1.29, 1.82) is 0 Å². The Morgan fingerprint density at radius 2 is 0.472 bits per heavy atom. The molecule has 0 fully saturated rings. The molecule has 0 atom stereocenters. The third-order valence-corrected chi connectivity index (χ3v) is 15.1. The minimum absolute atomic E-state index is 0.493. The normalized spacial score (nSPS) is 18.8. The summed E-state index contributed by atoms with van der Waals surface area (Å²) >= 11 is 0. The van der Waals surface area contributed by atoms with Gasteiger partial charge in [-0.15, -0.1) is 0 Å². The van der Waals surface area contributed by atoms with E-state index in [1.807, 2.05) is 0 Å². The van der Waals surface area contributed by atoms with Gasteiger partial charge in [0.2, 0.25) is 22.5 Å². The van der Waals surface area contributed by atoms with Gasteiger partial charge in [-0.2, -0.15) is 13.5 Å². The smallest absolute Gasteiger partial charge is 0.215 e. The van der Waals surface area contributed by atoms with Crippen LogP contribution in [0.5, 0.6) is 0 Å². The molecule has 12 heteroatoms. The van der Waals surface area contributed by atoms with E-state index < -0.39 is 22.5 Å². The molecule has 1 aliphatic rings. The lowest BCUT2D eigenvalue weighted by Crippen LogP contribution is -2.35. The highest BCUT2D eigenvalue weighted by Crippen LogP contribution is 2.70. The average molecular weight is 568 g/mol. The van der Waals surface area contributed by atoms with Gasteiger partial charge in [0.15, 0.2) is 0 Å². The summed E-state index contributed by atoms with van der Waals surface area (Å²) in [5.74, 6) is 2.96. The van der Waals surface area contributed by atoms with Gasteiger partial charge in [-0.25, -0.2) is 0 Å². The van der Waals surface area contributed by atoms with Crippen LogP contribution in [-0.2, 0) is 0 Å². The van der Waals surface area contributed by atoms with Crippen molar-refractivity contribution in [2.75, 3.05) is 39.3 Å². The first-order valence-electron chi connectivity index (χ1n) is 14.0. The van der Waals surface area contributed by atoms with Gasteiger partial charge in [0.25, 0.3) is 0 Å². The molecule has 9 nitrogen and oxygen atoms in total. The van der Waals surface area contributed by atoms with Crippen LogP contribution in [0.15, 0.2) is 13.5 Å². The van der Waals surface area contributed by atoms with Crippen LogP contribution in [0.3, 0.4) is 0 Å². The topological polar surface area (TPSA) is 109 Å². The van der Waals surface area contributed by atoms with Gasteiger partial charge in [0.1, 0.15) is 0 Å². The average Bonchev–Trinajstić information content (AvgIpc) is 2.76. The summed E-state index contributed by atoms with van der Waals surface area (Å²) < 4.78 is 16.7. The monoisotopic (exact) mass is 567 g/mol. The molecule has 1 aliphatic heterocycles. The Kier molecular flexibility index (Phi) is 15.2. The fourth-order valence-corrected chi connectivity index (χ4v) is 16.0. The number of rotatable bonds is 18. The Labute approximate surface area is 224 Å². The zero-order chi connectivity index (χ0) is 27.6. The van der Waals surface area contributed by atoms with E-state index in [1.165, 1.54) is 0 Å². The van der Waals surface area contributed by atoms with E-state index in [9.17, 15) is 0 Å². The molecule has 0 bridgehead atoms. The number of hydrogen-bond acceptors (Lipinski definition) is 9. The summed E-state index contributed by atoms with van der Waals surface area (Å²) in [4.78, 5) is 0. The van der Waals surface area contributed by atoms with E-state index in [-0.39, 0.29) is 0 Å². The Hall–Kier alpha value is 0.450.